The third-order valence-corrected chi connectivity index (χ3v) is 6.58. The second-order valence-electron chi connectivity index (χ2n) is 7.92. The van der Waals surface area contributed by atoms with E-state index in [4.69, 9.17) is 10.5 Å². The summed E-state index contributed by atoms with van der Waals surface area (Å²) in [6, 6.07) is 16.6. The van der Waals surface area contributed by atoms with Crippen molar-refractivity contribution in [1.82, 2.24) is 0 Å². The molecule has 3 nitrogen and oxygen atoms in total. The Balaban J connectivity index is 1.69. The van der Waals surface area contributed by atoms with Crippen LogP contribution in [0.1, 0.15) is 55.2 Å². The topological polar surface area (TPSA) is 55.5 Å². The zero-order valence-electron chi connectivity index (χ0n) is 15.4. The molecule has 0 aromatic heterocycles. The normalized spacial score (nSPS) is 27.5. The molecule has 1 fully saturated rings. The summed E-state index contributed by atoms with van der Waals surface area (Å²) in [7, 11) is 0. The summed E-state index contributed by atoms with van der Waals surface area (Å²) in [5, 5.41) is 11.5. The van der Waals surface area contributed by atoms with E-state index in [1.807, 2.05) is 18.2 Å². The maximum atomic E-state index is 11.5. The van der Waals surface area contributed by atoms with Gasteiger partial charge in [-0.05, 0) is 61.4 Å². The summed E-state index contributed by atoms with van der Waals surface area (Å²) in [6.45, 7) is 1.18. The lowest BCUT2D eigenvalue weighted by atomic mass is 9.53. The molecule has 0 heterocycles. The zero-order chi connectivity index (χ0) is 18.0. The first-order chi connectivity index (χ1) is 12.7. The number of ether oxygens (including phenoxy) is 1. The molecule has 2 aliphatic rings. The zero-order valence-corrected chi connectivity index (χ0v) is 15.4. The van der Waals surface area contributed by atoms with Crippen molar-refractivity contribution in [3.05, 3.63) is 65.2 Å². The Kier molecular flexibility index (Phi) is 4.76. The molecular weight excluding hydrogens is 322 g/mol. The number of benzene rings is 2. The Bertz CT molecular complexity index is 756. The van der Waals surface area contributed by atoms with Crippen molar-refractivity contribution in [2.75, 3.05) is 6.54 Å². The van der Waals surface area contributed by atoms with E-state index in [2.05, 4.69) is 30.3 Å². The number of hydrogen-bond donors (Lipinski definition) is 2. The minimum Gasteiger partial charge on any atom is -0.489 e. The molecule has 3 heteroatoms. The van der Waals surface area contributed by atoms with Crippen molar-refractivity contribution < 1.29 is 9.84 Å². The third-order valence-electron chi connectivity index (χ3n) is 6.58. The fourth-order valence-corrected chi connectivity index (χ4v) is 5.28. The van der Waals surface area contributed by atoms with Crippen LogP contribution in [-0.4, -0.2) is 17.3 Å². The number of aliphatic hydroxyl groups is 1. The van der Waals surface area contributed by atoms with Gasteiger partial charge in [0.15, 0.2) is 0 Å². The van der Waals surface area contributed by atoms with Crippen molar-refractivity contribution >= 4 is 0 Å². The molecule has 0 radical (unpaired) electrons. The molecule has 2 atom stereocenters. The molecule has 26 heavy (non-hydrogen) atoms. The monoisotopic (exact) mass is 351 g/mol. The molecule has 0 saturated heterocycles. The largest absolute Gasteiger partial charge is 0.489 e. The molecule has 0 aliphatic heterocycles. The van der Waals surface area contributed by atoms with E-state index in [0.717, 1.165) is 50.7 Å². The van der Waals surface area contributed by atoms with Gasteiger partial charge in [0.05, 0.1) is 5.60 Å². The number of nitrogens with two attached hydrogens (primary N) is 1. The maximum absolute atomic E-state index is 11.5. The van der Waals surface area contributed by atoms with Gasteiger partial charge in [-0.25, -0.2) is 0 Å². The predicted octanol–water partition coefficient (Wildman–Crippen LogP) is 4.10. The molecule has 0 amide bonds. The Morgan fingerprint density at radius 2 is 1.77 bits per heavy atom. The molecule has 2 aromatic rings. The minimum atomic E-state index is -0.615. The lowest BCUT2D eigenvalue weighted by Crippen LogP contribution is -2.57. The molecular formula is C23H29NO2. The highest BCUT2D eigenvalue weighted by Crippen LogP contribution is 2.55. The second kappa shape index (κ2) is 7.05. The Morgan fingerprint density at radius 3 is 2.58 bits per heavy atom. The van der Waals surface area contributed by atoms with Gasteiger partial charge in [0.25, 0.3) is 0 Å². The molecule has 4 rings (SSSR count). The molecule has 0 unspecified atom stereocenters. The summed E-state index contributed by atoms with van der Waals surface area (Å²) in [4.78, 5) is 0. The van der Waals surface area contributed by atoms with Gasteiger partial charge in [-0.3, -0.25) is 0 Å². The minimum absolute atomic E-state index is 0.209. The van der Waals surface area contributed by atoms with Crippen molar-refractivity contribution in [2.45, 2.75) is 62.6 Å². The molecule has 0 spiro atoms. The summed E-state index contributed by atoms with van der Waals surface area (Å²) in [5.74, 6) is 0.968. The van der Waals surface area contributed by atoms with Crippen LogP contribution in [0.4, 0.5) is 0 Å². The first kappa shape index (κ1) is 17.6. The van der Waals surface area contributed by atoms with E-state index in [0.29, 0.717) is 13.2 Å². The van der Waals surface area contributed by atoms with Crippen LogP contribution >= 0.6 is 0 Å². The van der Waals surface area contributed by atoms with Crippen LogP contribution in [0.25, 0.3) is 0 Å². The van der Waals surface area contributed by atoms with Gasteiger partial charge in [-0.1, -0.05) is 55.3 Å². The van der Waals surface area contributed by atoms with Gasteiger partial charge >= 0.3 is 0 Å². The quantitative estimate of drug-likeness (QED) is 0.852. The molecule has 0 bridgehead atoms. The molecule has 2 aliphatic carbocycles. The predicted molar refractivity (Wildman–Crippen MR) is 104 cm³/mol. The van der Waals surface area contributed by atoms with Crippen molar-refractivity contribution in [3.8, 4) is 5.75 Å². The van der Waals surface area contributed by atoms with Crippen LogP contribution in [0.5, 0.6) is 5.75 Å². The van der Waals surface area contributed by atoms with Crippen LogP contribution in [0.3, 0.4) is 0 Å². The average Bonchev–Trinajstić information content (AvgIpc) is 2.67. The SMILES string of the molecule is NCC[C@]12CCCC[C@@]1(O)CCc1c(OCc3ccccc3)cccc12. The molecule has 1 saturated carbocycles. The first-order valence-corrected chi connectivity index (χ1v) is 9.90. The van der Waals surface area contributed by atoms with Crippen molar-refractivity contribution in [2.24, 2.45) is 5.73 Å². The highest BCUT2D eigenvalue weighted by Gasteiger charge is 2.55. The summed E-state index contributed by atoms with van der Waals surface area (Å²) >= 11 is 0. The van der Waals surface area contributed by atoms with Gasteiger partial charge in [0.2, 0.25) is 0 Å². The van der Waals surface area contributed by atoms with Crippen LogP contribution in [0.15, 0.2) is 48.5 Å². The fourth-order valence-electron chi connectivity index (χ4n) is 5.28. The first-order valence-electron chi connectivity index (χ1n) is 9.90. The van der Waals surface area contributed by atoms with Crippen LogP contribution in [0.2, 0.25) is 0 Å². The summed E-state index contributed by atoms with van der Waals surface area (Å²) in [5.41, 5.74) is 8.92. The van der Waals surface area contributed by atoms with Gasteiger partial charge < -0.3 is 15.6 Å². The second-order valence-corrected chi connectivity index (χ2v) is 7.92. The van der Waals surface area contributed by atoms with Crippen molar-refractivity contribution in [3.63, 3.8) is 0 Å². The lowest BCUT2D eigenvalue weighted by Gasteiger charge is -2.55. The molecule has 3 N–H and O–H groups in total. The Morgan fingerprint density at radius 1 is 0.962 bits per heavy atom. The van der Waals surface area contributed by atoms with Gasteiger partial charge in [-0.15, -0.1) is 0 Å². The number of hydrogen-bond acceptors (Lipinski definition) is 3. The lowest BCUT2D eigenvalue weighted by molar-refractivity contribution is -0.0864. The summed E-state index contributed by atoms with van der Waals surface area (Å²) < 4.78 is 6.21. The van der Waals surface area contributed by atoms with Crippen LogP contribution < -0.4 is 10.5 Å². The van der Waals surface area contributed by atoms with E-state index in [1.165, 1.54) is 16.7 Å². The van der Waals surface area contributed by atoms with Gasteiger partial charge in [0, 0.05) is 5.41 Å². The number of rotatable bonds is 5. The third kappa shape index (κ3) is 2.83. The highest BCUT2D eigenvalue weighted by molar-refractivity contribution is 5.49. The average molecular weight is 351 g/mol. The van der Waals surface area contributed by atoms with E-state index in [9.17, 15) is 5.11 Å². The number of fused-ring (bicyclic) bond motifs is 3. The van der Waals surface area contributed by atoms with Crippen molar-refractivity contribution in [1.29, 1.82) is 0 Å². The summed E-state index contributed by atoms with van der Waals surface area (Å²) in [6.07, 6.45) is 6.73. The van der Waals surface area contributed by atoms with Crippen LogP contribution in [0, 0.1) is 0 Å². The van der Waals surface area contributed by atoms with E-state index >= 15 is 0 Å². The maximum Gasteiger partial charge on any atom is 0.123 e. The Labute approximate surface area is 156 Å². The smallest absolute Gasteiger partial charge is 0.123 e. The molecule has 138 valence electrons. The van der Waals surface area contributed by atoms with Gasteiger partial charge in [0.1, 0.15) is 12.4 Å². The van der Waals surface area contributed by atoms with E-state index in [1.54, 1.807) is 0 Å². The van der Waals surface area contributed by atoms with Gasteiger partial charge in [-0.2, -0.15) is 0 Å². The van der Waals surface area contributed by atoms with E-state index < -0.39 is 5.60 Å². The van der Waals surface area contributed by atoms with Crippen LogP contribution in [-0.2, 0) is 18.4 Å². The Hall–Kier alpha value is -1.84. The van der Waals surface area contributed by atoms with E-state index in [-0.39, 0.29) is 5.41 Å². The highest BCUT2D eigenvalue weighted by atomic mass is 16.5. The standard InChI is InChI=1S/C23H29NO2/c24-16-15-22-12-4-5-13-23(22,25)14-11-19-20(22)9-6-10-21(19)26-17-18-7-2-1-3-8-18/h1-3,6-10,25H,4-5,11-17,24H2/t22-,23+/m0/s1. The fraction of sp³-hybridized carbons (Fsp3) is 0.478. The molecule has 2 aromatic carbocycles.